The molecule has 3 heterocycles. The monoisotopic (exact) mass is 505 g/mol. The lowest BCUT2D eigenvalue weighted by Crippen LogP contribution is -2.57. The van der Waals surface area contributed by atoms with Gasteiger partial charge in [-0.25, -0.2) is 14.2 Å². The van der Waals surface area contributed by atoms with E-state index >= 15 is 0 Å². The summed E-state index contributed by atoms with van der Waals surface area (Å²) in [5.74, 6) is -0.0469. The lowest BCUT2D eigenvalue weighted by atomic mass is 9.96. The molecule has 0 radical (unpaired) electrons. The maximum atomic E-state index is 13.7. The average Bonchev–Trinajstić information content (AvgIpc) is 3.13. The third kappa shape index (κ3) is 4.32. The molecule has 4 rings (SSSR count). The summed E-state index contributed by atoms with van der Waals surface area (Å²) >= 11 is 0. The van der Waals surface area contributed by atoms with Crippen LogP contribution in [-0.4, -0.2) is 49.2 Å². The van der Waals surface area contributed by atoms with E-state index in [4.69, 9.17) is 5.26 Å². The Bertz CT molecular complexity index is 1400. The van der Waals surface area contributed by atoms with Crippen LogP contribution in [0.1, 0.15) is 43.8 Å². The van der Waals surface area contributed by atoms with Crippen LogP contribution in [0.2, 0.25) is 0 Å². The molecule has 1 aliphatic heterocycles. The van der Waals surface area contributed by atoms with Crippen molar-refractivity contribution in [2.24, 2.45) is 14.1 Å². The van der Waals surface area contributed by atoms with Crippen LogP contribution in [0.3, 0.4) is 0 Å². The number of nitriles is 1. The van der Waals surface area contributed by atoms with E-state index in [2.05, 4.69) is 16.0 Å². The van der Waals surface area contributed by atoms with Crippen molar-refractivity contribution in [1.29, 1.82) is 5.26 Å². The SMILES string of the molecule is CC(c1ccc(F)cc1C(F)(F)F)N1C[C@H](C)N(c2nc(=O)n(C)c3c2nc(CC#N)n3C)C[C@H]1C. The second kappa shape index (κ2) is 9.20. The van der Waals surface area contributed by atoms with E-state index in [0.717, 1.165) is 6.07 Å². The molecular weight excluding hydrogens is 478 g/mol. The van der Waals surface area contributed by atoms with Crippen molar-refractivity contribution in [2.45, 2.75) is 51.5 Å². The zero-order chi connectivity index (χ0) is 26.5. The number of piperazine rings is 1. The Kier molecular flexibility index (Phi) is 6.55. The molecule has 0 spiro atoms. The number of nitrogens with zero attached hydrogens (tertiary/aromatic N) is 7. The van der Waals surface area contributed by atoms with Crippen LogP contribution in [0.15, 0.2) is 23.0 Å². The van der Waals surface area contributed by atoms with Crippen molar-refractivity contribution in [2.75, 3.05) is 18.0 Å². The highest BCUT2D eigenvalue weighted by Gasteiger charge is 2.39. The Morgan fingerprint density at radius 3 is 2.47 bits per heavy atom. The first-order valence-electron chi connectivity index (χ1n) is 11.5. The summed E-state index contributed by atoms with van der Waals surface area (Å²) < 4.78 is 57.7. The molecule has 0 bridgehead atoms. The first-order chi connectivity index (χ1) is 16.8. The number of hydrogen-bond acceptors (Lipinski definition) is 6. The summed E-state index contributed by atoms with van der Waals surface area (Å²) in [6.07, 6.45) is -4.61. The van der Waals surface area contributed by atoms with Crippen molar-refractivity contribution < 1.29 is 17.6 Å². The predicted octanol–water partition coefficient (Wildman–Crippen LogP) is 3.55. The van der Waals surface area contributed by atoms with E-state index in [9.17, 15) is 22.4 Å². The first-order valence-corrected chi connectivity index (χ1v) is 11.5. The Morgan fingerprint density at radius 2 is 1.83 bits per heavy atom. The van der Waals surface area contributed by atoms with Gasteiger partial charge in [0.05, 0.1) is 18.1 Å². The number of rotatable bonds is 4. The maximum Gasteiger partial charge on any atom is 0.416 e. The second-order valence-corrected chi connectivity index (χ2v) is 9.32. The molecule has 36 heavy (non-hydrogen) atoms. The lowest BCUT2D eigenvalue weighted by molar-refractivity contribution is -0.139. The molecule has 1 fully saturated rings. The molecule has 0 aliphatic carbocycles. The molecule has 1 aliphatic rings. The summed E-state index contributed by atoms with van der Waals surface area (Å²) in [5.41, 5.74) is -0.418. The van der Waals surface area contributed by atoms with E-state index in [1.807, 2.05) is 23.6 Å². The number of benzene rings is 1. The normalized spacial score (nSPS) is 20.1. The number of aromatic nitrogens is 4. The molecule has 3 atom stereocenters. The Morgan fingerprint density at radius 1 is 1.14 bits per heavy atom. The number of alkyl halides is 3. The molecule has 0 amide bonds. The molecule has 1 aromatic carbocycles. The van der Waals surface area contributed by atoms with Gasteiger partial charge in [0, 0.05) is 45.3 Å². The number of fused-ring (bicyclic) bond motifs is 1. The van der Waals surface area contributed by atoms with Gasteiger partial charge in [0.25, 0.3) is 0 Å². The fourth-order valence-electron chi connectivity index (χ4n) is 5.11. The van der Waals surface area contributed by atoms with Crippen LogP contribution in [0, 0.1) is 17.1 Å². The van der Waals surface area contributed by atoms with Gasteiger partial charge in [-0.3, -0.25) is 9.47 Å². The molecule has 0 saturated carbocycles. The Labute approximate surface area is 205 Å². The smallest absolute Gasteiger partial charge is 0.349 e. The number of hydrogen-bond donors (Lipinski definition) is 0. The fourth-order valence-corrected chi connectivity index (χ4v) is 5.11. The number of aryl methyl sites for hydroxylation is 2. The second-order valence-electron chi connectivity index (χ2n) is 9.32. The van der Waals surface area contributed by atoms with Crippen LogP contribution in [0.25, 0.3) is 11.2 Å². The molecule has 0 N–H and O–H groups in total. The molecule has 12 heteroatoms. The van der Waals surface area contributed by atoms with Crippen LogP contribution in [-0.2, 0) is 26.7 Å². The van der Waals surface area contributed by atoms with Gasteiger partial charge in [0.15, 0.2) is 5.82 Å². The summed E-state index contributed by atoms with van der Waals surface area (Å²) in [6.45, 7) is 6.25. The average molecular weight is 506 g/mol. The van der Waals surface area contributed by atoms with E-state index in [0.29, 0.717) is 42.0 Å². The van der Waals surface area contributed by atoms with Gasteiger partial charge in [-0.2, -0.15) is 23.4 Å². The largest absolute Gasteiger partial charge is 0.416 e. The van der Waals surface area contributed by atoms with Gasteiger partial charge in [-0.1, -0.05) is 6.07 Å². The fraction of sp³-hybridized carbons (Fsp3) is 0.500. The highest BCUT2D eigenvalue weighted by molar-refractivity contribution is 5.84. The van der Waals surface area contributed by atoms with Gasteiger partial charge in [-0.05, 0) is 38.5 Å². The van der Waals surface area contributed by atoms with E-state index in [1.165, 1.54) is 10.6 Å². The standard InChI is InChI=1S/C24H27F4N7O/c1-13-12-35(21-20-22(33(5)23(36)31-21)32(4)19(30-20)8-9-29)14(2)11-34(13)15(3)17-7-6-16(25)10-18(17)24(26,27)28/h6-7,10,13-15H,8,11-12H2,1-5H3/t13-,14+,15?/m1/s1. The predicted molar refractivity (Wildman–Crippen MR) is 126 cm³/mol. The quantitative estimate of drug-likeness (QED) is 0.505. The van der Waals surface area contributed by atoms with Crippen molar-refractivity contribution in [3.8, 4) is 6.07 Å². The minimum atomic E-state index is -4.68. The van der Waals surface area contributed by atoms with E-state index < -0.39 is 29.3 Å². The Hall–Kier alpha value is -3.46. The highest BCUT2D eigenvalue weighted by Crippen LogP contribution is 2.38. The van der Waals surface area contributed by atoms with Crippen molar-refractivity contribution >= 4 is 17.0 Å². The van der Waals surface area contributed by atoms with Crippen molar-refractivity contribution in [3.05, 3.63) is 51.5 Å². The molecular formula is C24H27F4N7O. The first kappa shape index (κ1) is 25.6. The molecule has 2 aromatic heterocycles. The molecule has 192 valence electrons. The van der Waals surface area contributed by atoms with Crippen LogP contribution in [0.4, 0.5) is 23.4 Å². The zero-order valence-corrected chi connectivity index (χ0v) is 20.6. The van der Waals surface area contributed by atoms with Gasteiger partial charge in [0.2, 0.25) is 0 Å². The maximum absolute atomic E-state index is 13.7. The lowest BCUT2D eigenvalue weighted by Gasteiger charge is -2.47. The van der Waals surface area contributed by atoms with Gasteiger partial charge >= 0.3 is 11.9 Å². The summed E-state index contributed by atoms with van der Waals surface area (Å²) in [4.78, 5) is 25.4. The summed E-state index contributed by atoms with van der Waals surface area (Å²) in [6, 6.07) is 3.79. The topological polar surface area (TPSA) is 83.0 Å². The van der Waals surface area contributed by atoms with Gasteiger partial charge in [-0.15, -0.1) is 0 Å². The van der Waals surface area contributed by atoms with Crippen LogP contribution >= 0.6 is 0 Å². The molecule has 1 saturated heterocycles. The highest BCUT2D eigenvalue weighted by atomic mass is 19.4. The van der Waals surface area contributed by atoms with Gasteiger partial charge in [0.1, 0.15) is 22.8 Å². The number of imidazole rings is 1. The number of anilines is 1. The van der Waals surface area contributed by atoms with E-state index in [1.54, 1.807) is 25.6 Å². The number of halogens is 4. The van der Waals surface area contributed by atoms with Gasteiger partial charge < -0.3 is 9.47 Å². The third-order valence-corrected chi connectivity index (χ3v) is 6.99. The van der Waals surface area contributed by atoms with Crippen molar-refractivity contribution in [3.63, 3.8) is 0 Å². The van der Waals surface area contributed by atoms with Crippen molar-refractivity contribution in [1.82, 2.24) is 24.0 Å². The minimum absolute atomic E-state index is 0.0105. The minimum Gasteiger partial charge on any atom is -0.349 e. The summed E-state index contributed by atoms with van der Waals surface area (Å²) in [7, 11) is 3.32. The van der Waals surface area contributed by atoms with E-state index in [-0.39, 0.29) is 24.1 Å². The molecule has 3 aromatic rings. The van der Waals surface area contributed by atoms with Crippen LogP contribution < -0.4 is 10.6 Å². The molecule has 1 unspecified atom stereocenters. The summed E-state index contributed by atoms with van der Waals surface area (Å²) in [5, 5.41) is 9.15. The zero-order valence-electron chi connectivity index (χ0n) is 20.6. The Balaban J connectivity index is 1.71. The molecule has 8 nitrogen and oxygen atoms in total. The third-order valence-electron chi connectivity index (χ3n) is 6.99. The van der Waals surface area contributed by atoms with Crippen LogP contribution in [0.5, 0.6) is 0 Å².